The minimum Gasteiger partial charge on any atom is -0.271 e. The van der Waals surface area contributed by atoms with Gasteiger partial charge in [-0.05, 0) is 55.7 Å². The molecule has 2 aromatic carbocycles. The van der Waals surface area contributed by atoms with Crippen LogP contribution in [-0.4, -0.2) is 23.9 Å². The van der Waals surface area contributed by atoms with E-state index in [0.717, 1.165) is 27.3 Å². The summed E-state index contributed by atoms with van der Waals surface area (Å²) >= 11 is 6.17. The van der Waals surface area contributed by atoms with Crippen molar-refractivity contribution < 1.29 is 9.59 Å². The first kappa shape index (κ1) is 16.7. The lowest BCUT2D eigenvalue weighted by atomic mass is 10.1. The number of aryl methyl sites for hydroxylation is 2. The van der Waals surface area contributed by atoms with Crippen molar-refractivity contribution in [3.8, 4) is 0 Å². The van der Waals surface area contributed by atoms with Crippen LogP contribution in [0.5, 0.6) is 0 Å². The highest BCUT2D eigenvalue weighted by Gasteiger charge is 2.55. The summed E-state index contributed by atoms with van der Waals surface area (Å²) in [5.41, 5.74) is 4.21. The van der Waals surface area contributed by atoms with Gasteiger partial charge in [-0.15, -0.1) is 0 Å². The van der Waals surface area contributed by atoms with Gasteiger partial charge in [0.25, 0.3) is 11.8 Å². The van der Waals surface area contributed by atoms with Crippen LogP contribution in [0.3, 0.4) is 0 Å². The summed E-state index contributed by atoms with van der Waals surface area (Å²) < 4.78 is 0. The van der Waals surface area contributed by atoms with Gasteiger partial charge in [0, 0.05) is 5.02 Å². The molecule has 6 nitrogen and oxygen atoms in total. The number of fused-ring (bicyclic) bond motifs is 1. The molecule has 132 valence electrons. The average Bonchev–Trinajstić information content (AvgIpc) is 3.14. The molecule has 2 aliphatic heterocycles. The molecule has 0 radical (unpaired) electrons. The zero-order chi connectivity index (χ0) is 18.6. The third-order valence-electron chi connectivity index (χ3n) is 5.02. The third-order valence-corrected chi connectivity index (χ3v) is 5.43. The van der Waals surface area contributed by atoms with Gasteiger partial charge in [-0.3, -0.25) is 9.59 Å². The van der Waals surface area contributed by atoms with Crippen molar-refractivity contribution in [3.63, 3.8) is 0 Å². The molecule has 0 aromatic heterocycles. The molecule has 4 rings (SSSR count). The molecule has 1 saturated heterocycles. The number of anilines is 2. The maximum absolute atomic E-state index is 13.1. The summed E-state index contributed by atoms with van der Waals surface area (Å²) in [7, 11) is 0. The van der Waals surface area contributed by atoms with Crippen LogP contribution in [0, 0.1) is 20.8 Å². The Morgan fingerprint density at radius 3 is 2.50 bits per heavy atom. The monoisotopic (exact) mass is 368 g/mol. The Labute approximate surface area is 156 Å². The van der Waals surface area contributed by atoms with Gasteiger partial charge in [-0.1, -0.05) is 35.0 Å². The zero-order valence-electron chi connectivity index (χ0n) is 14.6. The van der Waals surface area contributed by atoms with Crippen molar-refractivity contribution in [3.05, 3.63) is 58.1 Å². The minimum absolute atomic E-state index is 0.342. The Bertz CT molecular complexity index is 972. The van der Waals surface area contributed by atoms with Crippen LogP contribution in [0.4, 0.5) is 11.4 Å². The summed E-state index contributed by atoms with van der Waals surface area (Å²) in [6.07, 6.45) is 0. The molecule has 0 bridgehead atoms. The van der Waals surface area contributed by atoms with Gasteiger partial charge in [-0.2, -0.15) is 5.11 Å². The van der Waals surface area contributed by atoms with Gasteiger partial charge in [0.15, 0.2) is 12.1 Å². The lowest BCUT2D eigenvalue weighted by Gasteiger charge is -2.23. The second-order valence-electron chi connectivity index (χ2n) is 6.60. The van der Waals surface area contributed by atoms with Gasteiger partial charge in [0.1, 0.15) is 0 Å². The smallest absolute Gasteiger partial charge is 0.263 e. The SMILES string of the molecule is Cc1ccc(N2C(=O)[C@H]3N=NN(c4cccc(C)c4C)[C@@H]3C2=O)cc1Cl. The standard InChI is InChI=1S/C19H17ClN4O2/c1-10-5-4-6-15(12(10)3)24-17-16(21-22-24)18(25)23(19(17)26)13-8-7-11(2)14(20)9-13/h4-9,16-17H,1-3H3/t16-,17-/m0/s1. The second-order valence-corrected chi connectivity index (χ2v) is 7.01. The highest BCUT2D eigenvalue weighted by molar-refractivity contribution is 6.32. The topological polar surface area (TPSA) is 65.3 Å². The van der Waals surface area contributed by atoms with Crippen LogP contribution < -0.4 is 9.91 Å². The fraction of sp³-hybridized carbons (Fsp3) is 0.263. The molecule has 2 aliphatic rings. The van der Waals surface area contributed by atoms with Gasteiger partial charge < -0.3 is 0 Å². The molecule has 0 N–H and O–H groups in total. The quantitative estimate of drug-likeness (QED) is 0.758. The summed E-state index contributed by atoms with van der Waals surface area (Å²) in [4.78, 5) is 27.0. The molecule has 2 amide bonds. The fourth-order valence-corrected chi connectivity index (χ4v) is 3.49. The largest absolute Gasteiger partial charge is 0.271 e. The number of halogens is 1. The predicted octanol–water partition coefficient (Wildman–Crippen LogP) is 3.76. The maximum atomic E-state index is 13.1. The van der Waals surface area contributed by atoms with Crippen molar-refractivity contribution >= 4 is 34.8 Å². The number of benzene rings is 2. The number of carbonyl (C=O) groups excluding carboxylic acids is 2. The first-order chi connectivity index (χ1) is 12.4. The van der Waals surface area contributed by atoms with E-state index in [4.69, 9.17) is 11.6 Å². The number of nitrogens with zero attached hydrogens (tertiary/aromatic N) is 4. The zero-order valence-corrected chi connectivity index (χ0v) is 15.4. The maximum Gasteiger partial charge on any atom is 0.263 e. The molecule has 2 atom stereocenters. The van der Waals surface area contributed by atoms with E-state index in [0.29, 0.717) is 10.7 Å². The van der Waals surface area contributed by atoms with Crippen LogP contribution in [-0.2, 0) is 9.59 Å². The van der Waals surface area contributed by atoms with Crippen molar-refractivity contribution in [2.45, 2.75) is 32.9 Å². The Balaban J connectivity index is 1.74. The van der Waals surface area contributed by atoms with E-state index in [-0.39, 0.29) is 11.8 Å². The number of hydrogen-bond donors (Lipinski definition) is 0. The molecular weight excluding hydrogens is 352 g/mol. The second kappa shape index (κ2) is 5.92. The molecule has 26 heavy (non-hydrogen) atoms. The van der Waals surface area contributed by atoms with E-state index in [1.165, 1.54) is 0 Å². The van der Waals surface area contributed by atoms with Crippen LogP contribution in [0.15, 0.2) is 46.7 Å². The molecule has 0 unspecified atom stereocenters. The summed E-state index contributed by atoms with van der Waals surface area (Å²) in [5, 5.41) is 10.3. The van der Waals surface area contributed by atoms with E-state index in [1.54, 1.807) is 23.2 Å². The van der Waals surface area contributed by atoms with Crippen molar-refractivity contribution in [1.82, 2.24) is 0 Å². The molecule has 2 heterocycles. The average molecular weight is 369 g/mol. The minimum atomic E-state index is -0.831. The van der Waals surface area contributed by atoms with E-state index >= 15 is 0 Å². The normalized spacial score (nSPS) is 21.7. The van der Waals surface area contributed by atoms with E-state index in [2.05, 4.69) is 10.3 Å². The Kier molecular flexibility index (Phi) is 3.80. The van der Waals surface area contributed by atoms with Gasteiger partial charge in [-0.25, -0.2) is 9.91 Å². The third kappa shape index (κ3) is 2.33. The van der Waals surface area contributed by atoms with E-state index < -0.39 is 12.1 Å². The van der Waals surface area contributed by atoms with Crippen LogP contribution in [0.2, 0.25) is 5.02 Å². The number of amides is 2. The van der Waals surface area contributed by atoms with Crippen LogP contribution in [0.25, 0.3) is 0 Å². The molecule has 0 aliphatic carbocycles. The van der Waals surface area contributed by atoms with Crippen LogP contribution >= 0.6 is 11.6 Å². The number of carbonyl (C=O) groups is 2. The molecule has 2 aromatic rings. The number of hydrogen-bond acceptors (Lipinski definition) is 5. The first-order valence-corrected chi connectivity index (χ1v) is 8.68. The van der Waals surface area contributed by atoms with Gasteiger partial charge in [0.05, 0.1) is 11.4 Å². The van der Waals surface area contributed by atoms with Crippen molar-refractivity contribution in [2.75, 3.05) is 9.91 Å². The Morgan fingerprint density at radius 1 is 1.00 bits per heavy atom. The molecule has 0 saturated carbocycles. The Morgan fingerprint density at radius 2 is 1.77 bits per heavy atom. The fourth-order valence-electron chi connectivity index (χ4n) is 3.32. The van der Waals surface area contributed by atoms with Crippen molar-refractivity contribution in [1.29, 1.82) is 0 Å². The highest BCUT2D eigenvalue weighted by Crippen LogP contribution is 2.37. The van der Waals surface area contributed by atoms with Gasteiger partial charge in [0.2, 0.25) is 0 Å². The van der Waals surface area contributed by atoms with Crippen molar-refractivity contribution in [2.24, 2.45) is 10.3 Å². The number of rotatable bonds is 2. The highest BCUT2D eigenvalue weighted by atomic mass is 35.5. The van der Waals surface area contributed by atoms with E-state index in [1.807, 2.05) is 39.0 Å². The molecule has 7 heteroatoms. The van der Waals surface area contributed by atoms with Gasteiger partial charge >= 0.3 is 0 Å². The summed E-state index contributed by atoms with van der Waals surface area (Å²) in [6, 6.07) is 9.32. The lowest BCUT2D eigenvalue weighted by Crippen LogP contribution is -2.40. The summed E-state index contributed by atoms with van der Waals surface area (Å²) in [6.45, 7) is 5.82. The summed E-state index contributed by atoms with van der Waals surface area (Å²) in [5.74, 6) is -0.720. The Hall–Kier alpha value is -2.73. The molecular formula is C19H17ClN4O2. The van der Waals surface area contributed by atoms with E-state index in [9.17, 15) is 9.59 Å². The first-order valence-electron chi connectivity index (χ1n) is 8.30. The molecule has 0 spiro atoms. The van der Waals surface area contributed by atoms with Crippen LogP contribution in [0.1, 0.15) is 16.7 Å². The lowest BCUT2D eigenvalue weighted by molar-refractivity contribution is -0.121. The predicted molar refractivity (Wildman–Crippen MR) is 99.5 cm³/mol. The molecule has 1 fully saturated rings. The number of imide groups is 1.